The third-order valence-electron chi connectivity index (χ3n) is 3.74. The summed E-state index contributed by atoms with van der Waals surface area (Å²) < 4.78 is 44.1. The first-order valence-electron chi connectivity index (χ1n) is 5.37. The fraction of sp³-hybridized carbons (Fsp3) is 1.00. The zero-order chi connectivity index (χ0) is 11.7. The second-order valence-corrected chi connectivity index (χ2v) is 9.53. The van der Waals surface area contributed by atoms with Gasteiger partial charge in [0.2, 0.25) is 0 Å². The molecule has 15 heavy (non-hydrogen) atoms. The van der Waals surface area contributed by atoms with E-state index in [1.807, 2.05) is 6.55 Å². The summed E-state index contributed by atoms with van der Waals surface area (Å²) in [4.78, 5) is 0. The molecule has 0 saturated carbocycles. The summed E-state index contributed by atoms with van der Waals surface area (Å²) in [5, 5.41) is -1.01. The highest BCUT2D eigenvalue weighted by Crippen LogP contribution is 2.48. The van der Waals surface area contributed by atoms with Gasteiger partial charge in [0, 0.05) is 11.6 Å². The summed E-state index contributed by atoms with van der Waals surface area (Å²) in [5.74, 6) is 0. The van der Waals surface area contributed by atoms with Crippen LogP contribution in [0.3, 0.4) is 0 Å². The maximum absolute atomic E-state index is 13.5. The second kappa shape index (κ2) is 4.45. The summed E-state index contributed by atoms with van der Waals surface area (Å²) in [6.45, 7) is 5.64. The predicted molar refractivity (Wildman–Crippen MR) is 56.6 cm³/mol. The molecule has 1 rings (SSSR count). The zero-order valence-corrected chi connectivity index (χ0v) is 10.5. The molecule has 2 unspecified atom stereocenters. The molecule has 0 bridgehead atoms. The Morgan fingerprint density at radius 2 is 1.80 bits per heavy atom. The minimum atomic E-state index is -2.91. The lowest BCUT2D eigenvalue weighted by atomic mass is 10.1. The van der Waals surface area contributed by atoms with E-state index in [4.69, 9.17) is 4.43 Å². The molecule has 5 heteroatoms. The van der Waals surface area contributed by atoms with Gasteiger partial charge in [0.1, 0.15) is 0 Å². The molecular formula is C10H19F3OSi. The van der Waals surface area contributed by atoms with Crippen LogP contribution in [0.25, 0.3) is 0 Å². The van der Waals surface area contributed by atoms with Crippen molar-refractivity contribution in [2.24, 2.45) is 0 Å². The van der Waals surface area contributed by atoms with Crippen molar-refractivity contribution in [3.8, 4) is 0 Å². The monoisotopic (exact) mass is 240 g/mol. The summed E-state index contributed by atoms with van der Waals surface area (Å²) in [6, 6.07) is 0.785. The summed E-state index contributed by atoms with van der Waals surface area (Å²) in [7, 11) is -2.35. The largest absolute Gasteiger partial charge is 0.416 e. The van der Waals surface area contributed by atoms with Crippen LogP contribution >= 0.6 is 0 Å². The van der Waals surface area contributed by atoms with E-state index in [1.165, 1.54) is 0 Å². The Morgan fingerprint density at radius 3 is 2.20 bits per heavy atom. The smallest absolute Gasteiger partial charge is 0.269 e. The SMILES string of the molecule is CC(C)(C(F)C(F)F)[Si]1(C)CCCCO1. The Balaban J connectivity index is 2.82. The number of hydrogen-bond donors (Lipinski definition) is 0. The van der Waals surface area contributed by atoms with Crippen molar-refractivity contribution < 1.29 is 17.6 Å². The first-order chi connectivity index (χ1) is 6.81. The Hall–Kier alpha value is -0.0331. The fourth-order valence-corrected chi connectivity index (χ4v) is 5.44. The third-order valence-corrected chi connectivity index (χ3v) is 8.89. The topological polar surface area (TPSA) is 9.23 Å². The molecule has 1 heterocycles. The van der Waals surface area contributed by atoms with Gasteiger partial charge < -0.3 is 4.43 Å². The summed E-state index contributed by atoms with van der Waals surface area (Å²) in [5.41, 5.74) is 0. The van der Waals surface area contributed by atoms with Crippen molar-refractivity contribution in [3.63, 3.8) is 0 Å². The van der Waals surface area contributed by atoms with Crippen molar-refractivity contribution in [1.82, 2.24) is 0 Å². The van der Waals surface area contributed by atoms with Crippen LogP contribution in [-0.4, -0.2) is 27.5 Å². The quantitative estimate of drug-likeness (QED) is 0.683. The van der Waals surface area contributed by atoms with Gasteiger partial charge >= 0.3 is 0 Å². The lowest BCUT2D eigenvalue weighted by Gasteiger charge is -2.45. The molecule has 2 atom stereocenters. The Bertz CT molecular complexity index is 215. The van der Waals surface area contributed by atoms with Gasteiger partial charge in [-0.25, -0.2) is 13.2 Å². The molecule has 90 valence electrons. The Labute approximate surface area is 90.1 Å². The molecule has 1 fully saturated rings. The van der Waals surface area contributed by atoms with Gasteiger partial charge in [0.25, 0.3) is 6.43 Å². The Kier molecular flexibility index (Phi) is 3.87. The van der Waals surface area contributed by atoms with E-state index in [0.29, 0.717) is 6.61 Å². The molecular weight excluding hydrogens is 221 g/mol. The highest BCUT2D eigenvalue weighted by Gasteiger charge is 2.53. The van der Waals surface area contributed by atoms with E-state index >= 15 is 0 Å². The molecule has 1 nitrogen and oxygen atoms in total. The van der Waals surface area contributed by atoms with Crippen molar-refractivity contribution in [2.45, 2.75) is 56.9 Å². The van der Waals surface area contributed by atoms with E-state index < -0.39 is 26.0 Å². The second-order valence-electron chi connectivity index (χ2n) is 4.99. The van der Waals surface area contributed by atoms with Crippen molar-refractivity contribution in [3.05, 3.63) is 0 Å². The van der Waals surface area contributed by atoms with E-state index in [1.54, 1.807) is 13.8 Å². The van der Waals surface area contributed by atoms with Gasteiger partial charge in [0.05, 0.1) is 0 Å². The first kappa shape index (κ1) is 13.0. The van der Waals surface area contributed by atoms with Gasteiger partial charge in [-0.1, -0.05) is 20.3 Å². The molecule has 0 aliphatic carbocycles. The van der Waals surface area contributed by atoms with Crippen molar-refractivity contribution >= 4 is 8.32 Å². The van der Waals surface area contributed by atoms with Crippen molar-refractivity contribution in [1.29, 1.82) is 0 Å². The summed E-state index contributed by atoms with van der Waals surface area (Å²) >= 11 is 0. The average Bonchev–Trinajstić information content (AvgIpc) is 2.17. The highest BCUT2D eigenvalue weighted by atomic mass is 28.4. The Morgan fingerprint density at radius 1 is 1.20 bits per heavy atom. The lowest BCUT2D eigenvalue weighted by molar-refractivity contribution is 0.0211. The molecule has 0 amide bonds. The zero-order valence-electron chi connectivity index (χ0n) is 9.53. The van der Waals surface area contributed by atoms with E-state index in [9.17, 15) is 13.2 Å². The maximum atomic E-state index is 13.5. The minimum absolute atomic E-state index is 0.599. The van der Waals surface area contributed by atoms with E-state index in [2.05, 4.69) is 0 Å². The fourth-order valence-electron chi connectivity index (χ4n) is 2.05. The van der Waals surface area contributed by atoms with Crippen LogP contribution in [0.2, 0.25) is 17.6 Å². The minimum Gasteiger partial charge on any atom is -0.416 e. The number of rotatable bonds is 3. The van der Waals surface area contributed by atoms with Crippen LogP contribution in [-0.2, 0) is 4.43 Å². The average molecular weight is 240 g/mol. The molecule has 1 aliphatic rings. The highest BCUT2D eigenvalue weighted by molar-refractivity contribution is 6.75. The number of halogens is 3. The van der Waals surface area contributed by atoms with Crippen molar-refractivity contribution in [2.75, 3.05) is 6.61 Å². The summed E-state index contributed by atoms with van der Waals surface area (Å²) in [6.07, 6.45) is -3.05. The maximum Gasteiger partial charge on any atom is 0.269 e. The molecule has 1 saturated heterocycles. The van der Waals surface area contributed by atoms with Gasteiger partial charge in [-0.3, -0.25) is 0 Å². The molecule has 0 aromatic rings. The lowest BCUT2D eigenvalue weighted by Crippen LogP contribution is -2.53. The van der Waals surface area contributed by atoms with Gasteiger partial charge in [-0.15, -0.1) is 0 Å². The molecule has 0 aromatic carbocycles. The molecule has 0 aromatic heterocycles. The molecule has 0 N–H and O–H groups in total. The van der Waals surface area contributed by atoms with Gasteiger partial charge in [0.15, 0.2) is 14.5 Å². The number of alkyl halides is 3. The van der Waals surface area contributed by atoms with E-state index in [-0.39, 0.29) is 0 Å². The van der Waals surface area contributed by atoms with Crippen LogP contribution < -0.4 is 0 Å². The number of hydrogen-bond acceptors (Lipinski definition) is 1. The third kappa shape index (κ3) is 2.38. The molecule has 0 radical (unpaired) electrons. The van der Waals surface area contributed by atoms with Crippen LogP contribution in [0, 0.1) is 0 Å². The van der Waals surface area contributed by atoms with Crippen LogP contribution in [0.15, 0.2) is 0 Å². The normalized spacial score (nSPS) is 30.6. The first-order valence-corrected chi connectivity index (χ1v) is 7.99. The predicted octanol–water partition coefficient (Wildman–Crippen LogP) is 3.76. The molecule has 0 spiro atoms. The van der Waals surface area contributed by atoms with Gasteiger partial charge in [-0.05, 0) is 19.0 Å². The van der Waals surface area contributed by atoms with Crippen LogP contribution in [0.1, 0.15) is 26.7 Å². The van der Waals surface area contributed by atoms with Crippen LogP contribution in [0.4, 0.5) is 13.2 Å². The van der Waals surface area contributed by atoms with Crippen LogP contribution in [0.5, 0.6) is 0 Å². The van der Waals surface area contributed by atoms with E-state index in [0.717, 1.165) is 18.9 Å². The standard InChI is InChI=1S/C10H19F3OSi/c1-10(2,8(11)9(12)13)15(3)7-5-4-6-14-15/h8-9H,4-7H2,1-3H3. The van der Waals surface area contributed by atoms with Gasteiger partial charge in [-0.2, -0.15) is 0 Å². The molecule has 1 aliphatic heterocycles.